The van der Waals surface area contributed by atoms with Gasteiger partial charge in [-0.1, -0.05) is 59.6 Å². The van der Waals surface area contributed by atoms with E-state index in [9.17, 15) is 18.0 Å². The zero-order valence-electron chi connectivity index (χ0n) is 21.2. The van der Waals surface area contributed by atoms with Gasteiger partial charge in [0.25, 0.3) is 0 Å². The molecule has 0 fully saturated rings. The van der Waals surface area contributed by atoms with Crippen LogP contribution >= 0.6 is 23.2 Å². The SMILES string of the molecule is CNC(=O)[C@@H](Cc1ccccc1)N(Cc1ccc(Cl)c(Cl)c1)C(=O)CN(c1ccc(OC)cc1)S(C)(=O)=O. The van der Waals surface area contributed by atoms with Crippen molar-refractivity contribution >= 4 is 50.7 Å². The number of carbonyl (C=O) groups excluding carboxylic acids is 2. The minimum absolute atomic E-state index is 0.000850. The number of halogens is 2. The van der Waals surface area contributed by atoms with Crippen LogP contribution < -0.4 is 14.4 Å². The molecule has 0 bridgehead atoms. The Balaban J connectivity index is 2.03. The van der Waals surface area contributed by atoms with Crippen molar-refractivity contribution in [3.63, 3.8) is 0 Å². The van der Waals surface area contributed by atoms with Crippen LogP contribution in [0.1, 0.15) is 11.1 Å². The second-order valence-corrected chi connectivity index (χ2v) is 11.3. The van der Waals surface area contributed by atoms with Crippen molar-refractivity contribution in [2.75, 3.05) is 31.3 Å². The van der Waals surface area contributed by atoms with Gasteiger partial charge in [0.15, 0.2) is 0 Å². The van der Waals surface area contributed by atoms with Crippen LogP contribution in [0.3, 0.4) is 0 Å². The Morgan fingerprint density at radius 2 is 1.61 bits per heavy atom. The van der Waals surface area contributed by atoms with Gasteiger partial charge in [0.1, 0.15) is 18.3 Å². The summed E-state index contributed by atoms with van der Waals surface area (Å²) >= 11 is 12.3. The summed E-state index contributed by atoms with van der Waals surface area (Å²) in [4.78, 5) is 28.3. The smallest absolute Gasteiger partial charge is 0.244 e. The Kier molecular flexibility index (Phi) is 10.0. The number of nitrogens with one attached hydrogen (secondary N) is 1. The Hall–Kier alpha value is -3.27. The summed E-state index contributed by atoms with van der Waals surface area (Å²) in [5.74, 6) is -0.420. The van der Waals surface area contributed by atoms with Gasteiger partial charge in [-0.2, -0.15) is 0 Å². The van der Waals surface area contributed by atoms with Crippen molar-refractivity contribution < 1.29 is 22.7 Å². The number of nitrogens with zero attached hydrogens (tertiary/aromatic N) is 2. The number of benzene rings is 3. The molecule has 1 N–H and O–H groups in total. The highest BCUT2D eigenvalue weighted by molar-refractivity contribution is 7.92. The lowest BCUT2D eigenvalue weighted by molar-refractivity contribution is -0.139. The first kappa shape index (κ1) is 29.3. The molecule has 3 aromatic carbocycles. The van der Waals surface area contributed by atoms with Crippen LogP contribution in [0.15, 0.2) is 72.8 Å². The van der Waals surface area contributed by atoms with Crippen molar-refractivity contribution in [3.8, 4) is 5.75 Å². The standard InChI is InChI=1S/C27H29Cl2N3O5S/c1-30-27(34)25(16-19-7-5-4-6-8-19)31(17-20-9-14-23(28)24(29)15-20)26(33)18-32(38(3,35)36)21-10-12-22(37-2)13-11-21/h4-15,25H,16-18H2,1-3H3,(H,30,34)/t25-/m1/s1. The molecule has 0 aromatic heterocycles. The molecule has 0 saturated carbocycles. The van der Waals surface area contributed by atoms with E-state index in [-0.39, 0.29) is 18.7 Å². The normalized spacial score (nSPS) is 11.9. The lowest BCUT2D eigenvalue weighted by atomic mass is 10.0. The van der Waals surface area contributed by atoms with Crippen LogP contribution in [0.25, 0.3) is 0 Å². The summed E-state index contributed by atoms with van der Waals surface area (Å²) in [5, 5.41) is 3.28. The minimum atomic E-state index is -3.86. The van der Waals surface area contributed by atoms with Crippen molar-refractivity contribution in [2.45, 2.75) is 19.0 Å². The van der Waals surface area contributed by atoms with Crippen LogP contribution in [-0.4, -0.2) is 58.1 Å². The van der Waals surface area contributed by atoms with Gasteiger partial charge in [-0.15, -0.1) is 0 Å². The Morgan fingerprint density at radius 3 is 2.16 bits per heavy atom. The fourth-order valence-electron chi connectivity index (χ4n) is 3.92. The highest BCUT2D eigenvalue weighted by atomic mass is 35.5. The molecule has 202 valence electrons. The zero-order chi connectivity index (χ0) is 27.9. The van der Waals surface area contributed by atoms with Gasteiger partial charge in [-0.25, -0.2) is 8.42 Å². The lowest BCUT2D eigenvalue weighted by Gasteiger charge is -2.33. The van der Waals surface area contributed by atoms with Crippen molar-refractivity contribution in [3.05, 3.63) is 94.0 Å². The van der Waals surface area contributed by atoms with Gasteiger partial charge in [0.2, 0.25) is 21.8 Å². The number of sulfonamides is 1. The highest BCUT2D eigenvalue weighted by Gasteiger charge is 2.32. The predicted molar refractivity (Wildman–Crippen MR) is 150 cm³/mol. The first-order valence-corrected chi connectivity index (χ1v) is 14.2. The highest BCUT2D eigenvalue weighted by Crippen LogP contribution is 2.26. The number of methoxy groups -OCH3 is 1. The Morgan fingerprint density at radius 1 is 0.947 bits per heavy atom. The molecule has 0 aliphatic carbocycles. The van der Waals surface area contributed by atoms with E-state index >= 15 is 0 Å². The number of likely N-dealkylation sites (N-methyl/N-ethyl adjacent to an activating group) is 1. The number of rotatable bonds is 11. The number of anilines is 1. The molecule has 2 amide bonds. The van der Waals surface area contributed by atoms with Gasteiger partial charge < -0.3 is 15.0 Å². The monoisotopic (exact) mass is 577 g/mol. The summed E-state index contributed by atoms with van der Waals surface area (Å²) in [5.41, 5.74) is 1.75. The van der Waals surface area contributed by atoms with E-state index in [1.54, 1.807) is 42.5 Å². The summed E-state index contributed by atoms with van der Waals surface area (Å²) in [6.45, 7) is -0.518. The molecule has 11 heteroatoms. The van der Waals surface area contributed by atoms with E-state index in [1.165, 1.54) is 19.1 Å². The number of amides is 2. The summed E-state index contributed by atoms with van der Waals surface area (Å²) in [6.07, 6.45) is 1.24. The molecule has 0 aliphatic heterocycles. The summed E-state index contributed by atoms with van der Waals surface area (Å²) < 4.78 is 31.7. The van der Waals surface area contributed by atoms with Gasteiger partial charge in [-0.05, 0) is 47.5 Å². The Labute approximate surface area is 233 Å². The van der Waals surface area contributed by atoms with E-state index in [0.29, 0.717) is 21.4 Å². The third-order valence-electron chi connectivity index (χ3n) is 5.89. The molecule has 0 heterocycles. The third-order valence-corrected chi connectivity index (χ3v) is 7.77. The first-order chi connectivity index (χ1) is 18.0. The van der Waals surface area contributed by atoms with Crippen molar-refractivity contribution in [1.29, 1.82) is 0 Å². The van der Waals surface area contributed by atoms with E-state index in [1.807, 2.05) is 30.3 Å². The topological polar surface area (TPSA) is 96.0 Å². The maximum Gasteiger partial charge on any atom is 0.244 e. The Bertz CT molecular complexity index is 1370. The molecule has 38 heavy (non-hydrogen) atoms. The zero-order valence-corrected chi connectivity index (χ0v) is 23.6. The largest absolute Gasteiger partial charge is 0.497 e. The molecular weight excluding hydrogens is 549 g/mol. The fraction of sp³-hybridized carbons (Fsp3) is 0.259. The molecule has 0 spiro atoms. The maximum atomic E-state index is 13.9. The predicted octanol–water partition coefficient (Wildman–Crippen LogP) is 4.15. The number of hydrogen-bond acceptors (Lipinski definition) is 5. The molecule has 0 saturated heterocycles. The third kappa shape index (κ3) is 7.63. The second kappa shape index (κ2) is 13.0. The molecule has 0 unspecified atom stereocenters. The molecule has 0 aliphatic rings. The molecule has 3 rings (SSSR count). The molecule has 0 radical (unpaired) electrons. The van der Waals surface area contributed by atoms with Crippen LogP contribution in [0.5, 0.6) is 5.75 Å². The fourth-order valence-corrected chi connectivity index (χ4v) is 5.09. The van der Waals surface area contributed by atoms with Gasteiger partial charge in [-0.3, -0.25) is 13.9 Å². The van der Waals surface area contributed by atoms with Crippen molar-refractivity contribution in [1.82, 2.24) is 10.2 Å². The van der Waals surface area contributed by atoms with E-state index in [2.05, 4.69) is 5.32 Å². The van der Waals surface area contributed by atoms with Crippen LogP contribution in [0.4, 0.5) is 5.69 Å². The van der Waals surface area contributed by atoms with Crippen LogP contribution in [0, 0.1) is 0 Å². The number of hydrogen-bond donors (Lipinski definition) is 1. The van der Waals surface area contributed by atoms with Crippen LogP contribution in [0.2, 0.25) is 10.0 Å². The lowest BCUT2D eigenvalue weighted by Crippen LogP contribution is -2.52. The first-order valence-electron chi connectivity index (χ1n) is 11.6. The maximum absolute atomic E-state index is 13.9. The van der Waals surface area contributed by atoms with Crippen molar-refractivity contribution in [2.24, 2.45) is 0 Å². The van der Waals surface area contributed by atoms with E-state index in [0.717, 1.165) is 16.1 Å². The number of ether oxygens (including phenoxy) is 1. The molecule has 3 aromatic rings. The molecule has 8 nitrogen and oxygen atoms in total. The minimum Gasteiger partial charge on any atom is -0.497 e. The number of carbonyl (C=O) groups is 2. The average molecular weight is 579 g/mol. The van der Waals surface area contributed by atoms with Gasteiger partial charge in [0, 0.05) is 20.0 Å². The van der Waals surface area contributed by atoms with Gasteiger partial charge >= 0.3 is 0 Å². The van der Waals surface area contributed by atoms with E-state index in [4.69, 9.17) is 27.9 Å². The summed E-state index contributed by atoms with van der Waals surface area (Å²) in [7, 11) is -0.868. The summed E-state index contributed by atoms with van der Waals surface area (Å²) in [6, 6.07) is 19.6. The van der Waals surface area contributed by atoms with Gasteiger partial charge in [0.05, 0.1) is 29.1 Å². The molecule has 1 atom stereocenters. The quantitative estimate of drug-likeness (QED) is 0.369. The average Bonchev–Trinajstić information content (AvgIpc) is 2.90. The molecular formula is C27H29Cl2N3O5S. The van der Waals surface area contributed by atoms with E-state index < -0.39 is 34.4 Å². The van der Waals surface area contributed by atoms with Crippen LogP contribution in [-0.2, 0) is 32.6 Å². The second-order valence-electron chi connectivity index (χ2n) is 8.56.